The molecule has 4 rings (SSSR count). The molecule has 1 aliphatic heterocycles. The SMILES string of the molecule is CCOc1ccccc1Oc1coc2cc(OC(=O)N3CCOCC3)ccc2c1=O. The molecule has 0 spiro atoms. The van der Waals surface area contributed by atoms with Crippen LogP contribution >= 0.6 is 0 Å². The van der Waals surface area contributed by atoms with E-state index in [2.05, 4.69) is 0 Å². The lowest BCUT2D eigenvalue weighted by molar-refractivity contribution is 0.0416. The first kappa shape index (κ1) is 19.8. The molecule has 0 aliphatic carbocycles. The molecule has 0 saturated carbocycles. The van der Waals surface area contributed by atoms with E-state index in [9.17, 15) is 9.59 Å². The molecule has 0 radical (unpaired) electrons. The molecule has 1 saturated heterocycles. The van der Waals surface area contributed by atoms with Gasteiger partial charge in [-0.1, -0.05) is 12.1 Å². The maximum absolute atomic E-state index is 12.8. The molecule has 1 fully saturated rings. The summed E-state index contributed by atoms with van der Waals surface area (Å²) in [5.74, 6) is 1.28. The second-order valence-electron chi connectivity index (χ2n) is 6.54. The van der Waals surface area contributed by atoms with Gasteiger partial charge in [0.25, 0.3) is 0 Å². The van der Waals surface area contributed by atoms with Crippen LogP contribution in [0, 0.1) is 0 Å². The number of hydrogen-bond acceptors (Lipinski definition) is 7. The second-order valence-corrected chi connectivity index (χ2v) is 6.54. The Bertz CT molecular complexity index is 1100. The molecule has 0 bridgehead atoms. The molecule has 0 unspecified atom stereocenters. The molecule has 0 atom stereocenters. The van der Waals surface area contributed by atoms with Crippen LogP contribution in [0.25, 0.3) is 11.0 Å². The molecule has 1 aromatic heterocycles. The number of fused-ring (bicyclic) bond motifs is 1. The first-order valence-corrected chi connectivity index (χ1v) is 9.65. The fraction of sp³-hybridized carbons (Fsp3) is 0.273. The van der Waals surface area contributed by atoms with E-state index in [0.717, 1.165) is 0 Å². The summed E-state index contributed by atoms with van der Waals surface area (Å²) in [6.07, 6.45) is 0.772. The van der Waals surface area contributed by atoms with Crippen molar-refractivity contribution in [2.75, 3.05) is 32.9 Å². The van der Waals surface area contributed by atoms with Crippen molar-refractivity contribution in [1.29, 1.82) is 0 Å². The Labute approximate surface area is 172 Å². The van der Waals surface area contributed by atoms with Gasteiger partial charge in [-0.05, 0) is 31.2 Å². The average Bonchev–Trinajstić information content (AvgIpc) is 2.78. The van der Waals surface area contributed by atoms with Gasteiger partial charge in [0.1, 0.15) is 17.6 Å². The number of carbonyl (C=O) groups is 1. The number of benzene rings is 2. The van der Waals surface area contributed by atoms with E-state index in [1.54, 1.807) is 35.2 Å². The van der Waals surface area contributed by atoms with Crippen LogP contribution in [0.4, 0.5) is 4.79 Å². The average molecular weight is 411 g/mol. The van der Waals surface area contributed by atoms with Gasteiger partial charge < -0.3 is 28.3 Å². The summed E-state index contributed by atoms with van der Waals surface area (Å²) in [4.78, 5) is 26.6. The van der Waals surface area contributed by atoms with Crippen molar-refractivity contribution in [2.45, 2.75) is 6.92 Å². The van der Waals surface area contributed by atoms with Crippen LogP contribution in [0.3, 0.4) is 0 Å². The van der Waals surface area contributed by atoms with Gasteiger partial charge in [-0.15, -0.1) is 0 Å². The van der Waals surface area contributed by atoms with Gasteiger partial charge in [0.15, 0.2) is 11.5 Å². The zero-order valence-corrected chi connectivity index (χ0v) is 16.5. The zero-order chi connectivity index (χ0) is 20.9. The van der Waals surface area contributed by atoms with Crippen molar-refractivity contribution in [3.63, 3.8) is 0 Å². The molecule has 1 aliphatic rings. The number of carbonyl (C=O) groups excluding carboxylic acids is 1. The van der Waals surface area contributed by atoms with Crippen molar-refractivity contribution in [2.24, 2.45) is 0 Å². The van der Waals surface area contributed by atoms with Crippen LogP contribution in [0.5, 0.6) is 23.0 Å². The Hall–Kier alpha value is -3.52. The van der Waals surface area contributed by atoms with Gasteiger partial charge in [-0.2, -0.15) is 0 Å². The maximum atomic E-state index is 12.8. The molecule has 8 nitrogen and oxygen atoms in total. The number of morpholine rings is 1. The predicted octanol–water partition coefficient (Wildman–Crippen LogP) is 3.82. The van der Waals surface area contributed by atoms with Gasteiger partial charge in [0.2, 0.25) is 11.2 Å². The van der Waals surface area contributed by atoms with Crippen LogP contribution in [0.2, 0.25) is 0 Å². The first-order valence-electron chi connectivity index (χ1n) is 9.65. The number of rotatable bonds is 5. The van der Waals surface area contributed by atoms with Gasteiger partial charge in [-0.3, -0.25) is 4.79 Å². The minimum Gasteiger partial charge on any atom is -0.490 e. The van der Waals surface area contributed by atoms with E-state index in [1.165, 1.54) is 12.3 Å². The van der Waals surface area contributed by atoms with Crippen LogP contribution in [0.1, 0.15) is 6.92 Å². The Morgan fingerprint density at radius 3 is 2.60 bits per heavy atom. The highest BCUT2D eigenvalue weighted by molar-refractivity contribution is 5.80. The van der Waals surface area contributed by atoms with E-state index < -0.39 is 6.09 Å². The van der Waals surface area contributed by atoms with Gasteiger partial charge in [0, 0.05) is 19.2 Å². The molecule has 156 valence electrons. The molecule has 2 heterocycles. The first-order chi connectivity index (χ1) is 14.7. The topological polar surface area (TPSA) is 87.4 Å². The van der Waals surface area contributed by atoms with E-state index >= 15 is 0 Å². The Morgan fingerprint density at radius 1 is 1.07 bits per heavy atom. The van der Waals surface area contributed by atoms with E-state index in [0.29, 0.717) is 49.8 Å². The molecule has 8 heteroatoms. The quantitative estimate of drug-likeness (QED) is 0.631. The molecule has 0 N–H and O–H groups in total. The van der Waals surface area contributed by atoms with Crippen molar-refractivity contribution in [3.8, 4) is 23.0 Å². The number of hydrogen-bond donors (Lipinski definition) is 0. The summed E-state index contributed by atoms with van der Waals surface area (Å²) in [6.45, 7) is 4.26. The predicted molar refractivity (Wildman–Crippen MR) is 109 cm³/mol. The van der Waals surface area contributed by atoms with E-state index in [1.807, 2.05) is 13.0 Å². The molecule has 2 aromatic carbocycles. The summed E-state index contributed by atoms with van der Waals surface area (Å²) in [6, 6.07) is 11.7. The van der Waals surface area contributed by atoms with Crippen LogP contribution in [-0.4, -0.2) is 43.9 Å². The monoisotopic (exact) mass is 411 g/mol. The molecular formula is C22H21NO7. The fourth-order valence-electron chi connectivity index (χ4n) is 3.06. The highest BCUT2D eigenvalue weighted by Crippen LogP contribution is 2.31. The maximum Gasteiger partial charge on any atom is 0.415 e. The lowest BCUT2D eigenvalue weighted by Gasteiger charge is -2.25. The lowest BCUT2D eigenvalue weighted by atomic mass is 10.2. The van der Waals surface area contributed by atoms with E-state index in [-0.39, 0.29) is 22.5 Å². The normalized spacial score (nSPS) is 13.8. The molecular weight excluding hydrogens is 390 g/mol. The standard InChI is InChI=1S/C22H21NO7/c1-2-27-17-5-3-4-6-18(17)30-20-14-28-19-13-15(7-8-16(19)21(20)24)29-22(25)23-9-11-26-12-10-23/h3-8,13-14H,2,9-12H2,1H3. The minimum absolute atomic E-state index is 0.0349. The summed E-state index contributed by atoms with van der Waals surface area (Å²) < 4.78 is 27.5. The van der Waals surface area contributed by atoms with Crippen molar-refractivity contribution in [3.05, 3.63) is 59.0 Å². The van der Waals surface area contributed by atoms with E-state index in [4.69, 9.17) is 23.4 Å². The summed E-state index contributed by atoms with van der Waals surface area (Å²) in [7, 11) is 0. The molecule has 30 heavy (non-hydrogen) atoms. The number of nitrogens with zero attached hydrogens (tertiary/aromatic N) is 1. The third-order valence-corrected chi connectivity index (χ3v) is 4.56. The van der Waals surface area contributed by atoms with Crippen LogP contribution in [0.15, 0.2) is 57.9 Å². The third kappa shape index (κ3) is 4.23. The van der Waals surface area contributed by atoms with Crippen LogP contribution < -0.4 is 19.6 Å². The Kier molecular flexibility index (Phi) is 5.85. The van der Waals surface area contributed by atoms with Gasteiger partial charge in [0.05, 0.1) is 25.2 Å². The Balaban J connectivity index is 1.56. The third-order valence-electron chi connectivity index (χ3n) is 4.56. The van der Waals surface area contributed by atoms with Crippen molar-refractivity contribution < 1.29 is 28.2 Å². The number of para-hydroxylation sites is 2. The summed E-state index contributed by atoms with van der Waals surface area (Å²) >= 11 is 0. The highest BCUT2D eigenvalue weighted by Gasteiger charge is 2.19. The largest absolute Gasteiger partial charge is 0.490 e. The van der Waals surface area contributed by atoms with Gasteiger partial charge >= 0.3 is 6.09 Å². The lowest BCUT2D eigenvalue weighted by Crippen LogP contribution is -2.42. The molecule has 3 aromatic rings. The number of ether oxygens (including phenoxy) is 4. The Morgan fingerprint density at radius 2 is 1.83 bits per heavy atom. The number of amides is 1. The van der Waals surface area contributed by atoms with Crippen molar-refractivity contribution in [1.82, 2.24) is 4.90 Å². The van der Waals surface area contributed by atoms with Gasteiger partial charge in [-0.25, -0.2) is 4.79 Å². The smallest absolute Gasteiger partial charge is 0.415 e. The highest BCUT2D eigenvalue weighted by atomic mass is 16.6. The summed E-state index contributed by atoms with van der Waals surface area (Å²) in [5, 5.41) is 0.313. The summed E-state index contributed by atoms with van der Waals surface area (Å²) in [5.41, 5.74) is -0.0497. The van der Waals surface area contributed by atoms with Crippen molar-refractivity contribution >= 4 is 17.1 Å². The fourth-order valence-corrected chi connectivity index (χ4v) is 3.06. The van der Waals surface area contributed by atoms with Crippen LogP contribution in [-0.2, 0) is 4.74 Å². The zero-order valence-electron chi connectivity index (χ0n) is 16.5. The minimum atomic E-state index is -0.465. The molecule has 1 amide bonds. The second kappa shape index (κ2) is 8.87.